The molecule has 20 heavy (non-hydrogen) atoms. The van der Waals surface area contributed by atoms with E-state index in [1.807, 2.05) is 36.4 Å². The first kappa shape index (κ1) is 13.1. The summed E-state index contributed by atoms with van der Waals surface area (Å²) in [5, 5.41) is 9.30. The number of hydrogen-bond donors (Lipinski definition) is 0. The molecule has 0 radical (unpaired) electrons. The van der Waals surface area contributed by atoms with Gasteiger partial charge < -0.3 is 0 Å². The van der Waals surface area contributed by atoms with Crippen LogP contribution in [0.1, 0.15) is 5.89 Å². The van der Waals surface area contributed by atoms with Crippen LogP contribution in [0.2, 0.25) is 5.32 Å². The molecule has 0 atom stereocenters. The van der Waals surface area contributed by atoms with Crippen LogP contribution in [0.3, 0.4) is 0 Å². The summed E-state index contributed by atoms with van der Waals surface area (Å²) in [5.41, 5.74) is 0.972. The predicted octanol–water partition coefficient (Wildman–Crippen LogP) is 2.73. The van der Waals surface area contributed by atoms with Crippen LogP contribution in [-0.2, 0) is 6.42 Å². The van der Waals surface area contributed by atoms with Crippen molar-refractivity contribution in [3.63, 3.8) is 0 Å². The van der Waals surface area contributed by atoms with Gasteiger partial charge in [-0.1, -0.05) is 0 Å². The topological polar surface area (TPSA) is 38.9 Å². The SMILES string of the molecule is c1ccc([Se]CCc2nnc(-c3ccccc3)o2)cc1. The summed E-state index contributed by atoms with van der Waals surface area (Å²) in [7, 11) is 0. The molecule has 0 spiro atoms. The average Bonchev–Trinajstić information content (AvgIpc) is 2.98. The van der Waals surface area contributed by atoms with Gasteiger partial charge in [0.2, 0.25) is 0 Å². The van der Waals surface area contributed by atoms with E-state index in [1.165, 1.54) is 4.46 Å². The van der Waals surface area contributed by atoms with E-state index in [9.17, 15) is 0 Å². The molecule has 4 heteroatoms. The third kappa shape index (κ3) is 3.35. The molecule has 0 N–H and O–H groups in total. The number of aryl methyl sites for hydroxylation is 1. The third-order valence-electron chi connectivity index (χ3n) is 2.82. The van der Waals surface area contributed by atoms with Gasteiger partial charge >= 0.3 is 124 Å². The normalized spacial score (nSPS) is 10.6. The van der Waals surface area contributed by atoms with E-state index >= 15 is 0 Å². The van der Waals surface area contributed by atoms with Crippen molar-refractivity contribution in [2.45, 2.75) is 11.7 Å². The fourth-order valence-corrected chi connectivity index (χ4v) is 3.63. The number of benzene rings is 2. The Morgan fingerprint density at radius 1 is 0.850 bits per heavy atom. The van der Waals surface area contributed by atoms with Crippen LogP contribution in [0.15, 0.2) is 65.1 Å². The van der Waals surface area contributed by atoms with E-state index in [-0.39, 0.29) is 0 Å². The first-order chi connectivity index (χ1) is 9.92. The molecule has 0 aliphatic heterocycles. The molecule has 0 aliphatic rings. The number of aromatic nitrogens is 2. The molecule has 1 heterocycles. The second-order valence-corrected chi connectivity index (χ2v) is 6.73. The van der Waals surface area contributed by atoms with Crippen molar-refractivity contribution in [2.24, 2.45) is 0 Å². The van der Waals surface area contributed by atoms with Gasteiger partial charge in [-0.2, -0.15) is 0 Å². The maximum absolute atomic E-state index is 5.70. The monoisotopic (exact) mass is 330 g/mol. The van der Waals surface area contributed by atoms with Crippen LogP contribution in [0.25, 0.3) is 11.5 Å². The van der Waals surface area contributed by atoms with Crippen LogP contribution in [-0.4, -0.2) is 25.2 Å². The second-order valence-electron chi connectivity index (χ2n) is 4.28. The fraction of sp³-hybridized carbons (Fsp3) is 0.125. The third-order valence-corrected chi connectivity index (χ3v) is 4.94. The molecule has 3 nitrogen and oxygen atoms in total. The van der Waals surface area contributed by atoms with Gasteiger partial charge in [-0.15, -0.1) is 0 Å². The predicted molar refractivity (Wildman–Crippen MR) is 80.1 cm³/mol. The van der Waals surface area contributed by atoms with Crippen molar-refractivity contribution in [1.82, 2.24) is 10.2 Å². The summed E-state index contributed by atoms with van der Waals surface area (Å²) >= 11 is 0.461. The Hall–Kier alpha value is -1.90. The molecule has 0 fully saturated rings. The van der Waals surface area contributed by atoms with Gasteiger partial charge in [0.1, 0.15) is 0 Å². The molecule has 0 aliphatic carbocycles. The van der Waals surface area contributed by atoms with E-state index in [2.05, 4.69) is 34.5 Å². The molecule has 0 saturated carbocycles. The first-order valence-corrected chi connectivity index (χ1v) is 8.54. The molecular weight excluding hydrogens is 315 g/mol. The average molecular weight is 329 g/mol. The second kappa shape index (κ2) is 6.51. The summed E-state index contributed by atoms with van der Waals surface area (Å²) < 4.78 is 7.10. The quantitative estimate of drug-likeness (QED) is 0.676. The van der Waals surface area contributed by atoms with E-state index in [0.717, 1.165) is 23.2 Å². The van der Waals surface area contributed by atoms with Crippen molar-refractivity contribution in [3.8, 4) is 11.5 Å². The van der Waals surface area contributed by atoms with Gasteiger partial charge in [0, 0.05) is 0 Å². The van der Waals surface area contributed by atoms with Crippen LogP contribution in [0, 0.1) is 0 Å². The Labute approximate surface area is 124 Å². The summed E-state index contributed by atoms with van der Waals surface area (Å²) in [6.07, 6.45) is 0.842. The van der Waals surface area contributed by atoms with Gasteiger partial charge in [-0.25, -0.2) is 0 Å². The molecule has 0 bridgehead atoms. The van der Waals surface area contributed by atoms with Gasteiger partial charge in [0.05, 0.1) is 0 Å². The minimum absolute atomic E-state index is 0.461. The van der Waals surface area contributed by atoms with Crippen molar-refractivity contribution in [3.05, 3.63) is 66.6 Å². The Morgan fingerprint density at radius 3 is 2.30 bits per heavy atom. The number of nitrogens with zero attached hydrogens (tertiary/aromatic N) is 2. The molecule has 2 aromatic carbocycles. The summed E-state index contributed by atoms with van der Waals surface area (Å²) in [6.45, 7) is 0. The van der Waals surface area contributed by atoms with Crippen LogP contribution < -0.4 is 4.46 Å². The number of rotatable bonds is 5. The van der Waals surface area contributed by atoms with Crippen LogP contribution in [0.4, 0.5) is 0 Å². The summed E-state index contributed by atoms with van der Waals surface area (Å²) in [5.74, 6) is 1.33. The zero-order valence-corrected chi connectivity index (χ0v) is 12.6. The van der Waals surface area contributed by atoms with Crippen molar-refractivity contribution in [1.29, 1.82) is 0 Å². The fourth-order valence-electron chi connectivity index (χ4n) is 1.82. The van der Waals surface area contributed by atoms with E-state index in [1.54, 1.807) is 0 Å². The molecule has 0 unspecified atom stereocenters. The van der Waals surface area contributed by atoms with Gasteiger partial charge in [-0.05, 0) is 0 Å². The van der Waals surface area contributed by atoms with E-state index in [4.69, 9.17) is 4.42 Å². The van der Waals surface area contributed by atoms with Crippen LogP contribution >= 0.6 is 0 Å². The van der Waals surface area contributed by atoms with Gasteiger partial charge in [0.15, 0.2) is 0 Å². The van der Waals surface area contributed by atoms with Gasteiger partial charge in [-0.3, -0.25) is 0 Å². The Morgan fingerprint density at radius 2 is 1.55 bits per heavy atom. The van der Waals surface area contributed by atoms with E-state index in [0.29, 0.717) is 20.8 Å². The zero-order valence-electron chi connectivity index (χ0n) is 10.9. The summed E-state index contributed by atoms with van der Waals surface area (Å²) in [4.78, 5) is 0. The van der Waals surface area contributed by atoms with Gasteiger partial charge in [0.25, 0.3) is 0 Å². The summed E-state index contributed by atoms with van der Waals surface area (Å²) in [6, 6.07) is 20.4. The molecule has 3 aromatic rings. The van der Waals surface area contributed by atoms with E-state index < -0.39 is 0 Å². The minimum atomic E-state index is 0.461. The molecule has 100 valence electrons. The molecule has 3 rings (SSSR count). The first-order valence-electron chi connectivity index (χ1n) is 6.47. The molecule has 0 saturated heterocycles. The van der Waals surface area contributed by atoms with Crippen molar-refractivity contribution in [2.75, 3.05) is 0 Å². The zero-order chi connectivity index (χ0) is 13.6. The molecular formula is C16H14N2OSe. The van der Waals surface area contributed by atoms with Crippen LogP contribution in [0.5, 0.6) is 0 Å². The standard InChI is InChI=1S/C16H14N2OSe/c1-3-7-13(8-4-1)16-18-17-15(19-16)11-12-20-14-9-5-2-6-10-14/h1-10H,11-12H2. The molecule has 1 aromatic heterocycles. The van der Waals surface area contributed by atoms with Crippen molar-refractivity contribution >= 4 is 19.4 Å². The number of hydrogen-bond acceptors (Lipinski definition) is 3. The molecule has 0 amide bonds. The Balaban J connectivity index is 1.58. The Kier molecular flexibility index (Phi) is 4.26. The van der Waals surface area contributed by atoms with Crippen molar-refractivity contribution < 1.29 is 4.42 Å². The maximum atomic E-state index is 5.70. The Bertz CT molecular complexity index is 653.